The van der Waals surface area contributed by atoms with Crippen molar-refractivity contribution in [2.45, 2.75) is 13.3 Å². The largest absolute Gasteiger partial charge is 0.356 e. The molecule has 0 spiro atoms. The molecule has 0 radical (unpaired) electrons. The summed E-state index contributed by atoms with van der Waals surface area (Å²) in [6, 6.07) is 15.0. The maximum atomic E-state index is 12.1. The van der Waals surface area contributed by atoms with Crippen molar-refractivity contribution in [1.29, 1.82) is 0 Å². The molecule has 2 rings (SSSR count). The van der Waals surface area contributed by atoms with Crippen LogP contribution in [0.3, 0.4) is 0 Å². The van der Waals surface area contributed by atoms with E-state index in [9.17, 15) is 9.59 Å². The molecule has 0 atom stereocenters. The third-order valence-electron chi connectivity index (χ3n) is 4.33. The van der Waals surface area contributed by atoms with E-state index < -0.39 is 0 Å². The molecule has 4 N–H and O–H groups in total. The van der Waals surface area contributed by atoms with Crippen LogP contribution in [0, 0.1) is 6.92 Å². The number of hydrogen-bond acceptors (Lipinski definition) is 3. The Morgan fingerprint density at radius 1 is 0.862 bits per heavy atom. The van der Waals surface area contributed by atoms with Crippen molar-refractivity contribution < 1.29 is 9.59 Å². The molecule has 7 nitrogen and oxygen atoms in total. The van der Waals surface area contributed by atoms with Crippen LogP contribution in [0.5, 0.6) is 0 Å². The second-order valence-corrected chi connectivity index (χ2v) is 6.58. The minimum atomic E-state index is -0.0926. The first-order valence-corrected chi connectivity index (χ1v) is 9.64. The van der Waals surface area contributed by atoms with Crippen molar-refractivity contribution in [3.8, 4) is 0 Å². The smallest absolute Gasteiger partial charge is 0.251 e. The van der Waals surface area contributed by atoms with Gasteiger partial charge in [0.2, 0.25) is 0 Å². The Hall–Kier alpha value is -3.35. The summed E-state index contributed by atoms with van der Waals surface area (Å²) in [4.78, 5) is 28.0. The van der Waals surface area contributed by atoms with E-state index >= 15 is 0 Å². The number of aryl methyl sites for hydroxylation is 1. The Kier molecular flexibility index (Phi) is 8.69. The summed E-state index contributed by atoms with van der Waals surface area (Å²) in [5, 5.41) is 11.9. The molecule has 0 fully saturated rings. The predicted octanol–water partition coefficient (Wildman–Crippen LogP) is 1.49. The zero-order chi connectivity index (χ0) is 21.1. The highest BCUT2D eigenvalue weighted by Gasteiger charge is 2.06. The fraction of sp³-hybridized carbons (Fsp3) is 0.318. The summed E-state index contributed by atoms with van der Waals surface area (Å²) in [5.41, 5.74) is 3.43. The Balaban J connectivity index is 1.70. The summed E-state index contributed by atoms with van der Waals surface area (Å²) < 4.78 is 0. The SMILES string of the molecule is CN=C(NCCNC(=O)c1cccc(C)c1)NCCc1cccc(C(=O)NC)c1. The minimum absolute atomic E-state index is 0.0885. The number of carbonyl (C=O) groups excluding carboxylic acids is 2. The van der Waals surface area contributed by atoms with Crippen LogP contribution in [0.2, 0.25) is 0 Å². The minimum Gasteiger partial charge on any atom is -0.356 e. The van der Waals surface area contributed by atoms with Gasteiger partial charge in [0.1, 0.15) is 0 Å². The van der Waals surface area contributed by atoms with Gasteiger partial charge in [0.25, 0.3) is 11.8 Å². The van der Waals surface area contributed by atoms with Crippen LogP contribution in [0.15, 0.2) is 53.5 Å². The second kappa shape index (κ2) is 11.5. The molecule has 0 bridgehead atoms. The van der Waals surface area contributed by atoms with E-state index in [2.05, 4.69) is 26.3 Å². The van der Waals surface area contributed by atoms with E-state index in [4.69, 9.17) is 0 Å². The second-order valence-electron chi connectivity index (χ2n) is 6.58. The van der Waals surface area contributed by atoms with E-state index in [1.54, 1.807) is 26.2 Å². The van der Waals surface area contributed by atoms with Gasteiger partial charge in [-0.05, 0) is 43.2 Å². The van der Waals surface area contributed by atoms with Gasteiger partial charge in [-0.2, -0.15) is 0 Å². The molecule has 0 saturated carbocycles. The summed E-state index contributed by atoms with van der Waals surface area (Å²) in [6.07, 6.45) is 0.760. The van der Waals surface area contributed by atoms with Crippen LogP contribution in [0.25, 0.3) is 0 Å². The first-order chi connectivity index (χ1) is 14.0. The number of hydrogen-bond donors (Lipinski definition) is 4. The highest BCUT2D eigenvalue weighted by molar-refractivity contribution is 5.94. The lowest BCUT2D eigenvalue weighted by atomic mass is 10.1. The maximum absolute atomic E-state index is 12.1. The third kappa shape index (κ3) is 7.29. The molecule has 29 heavy (non-hydrogen) atoms. The standard InChI is InChI=1S/C22H29N5O2/c1-16-6-4-8-18(14-16)21(29)25-12-13-27-22(24-3)26-11-10-17-7-5-9-19(15-17)20(28)23-2/h4-9,14-15H,10-13H2,1-3H3,(H,23,28)(H,25,29)(H2,24,26,27). The first kappa shape index (κ1) is 21.9. The number of benzene rings is 2. The molecule has 0 aliphatic carbocycles. The normalized spacial score (nSPS) is 10.9. The van der Waals surface area contributed by atoms with E-state index in [1.165, 1.54) is 0 Å². The monoisotopic (exact) mass is 395 g/mol. The molecular formula is C22H29N5O2. The molecule has 0 aliphatic rings. The molecule has 7 heteroatoms. The third-order valence-corrected chi connectivity index (χ3v) is 4.33. The molecule has 2 amide bonds. The van der Waals surface area contributed by atoms with Crippen LogP contribution < -0.4 is 21.3 Å². The lowest BCUT2D eigenvalue weighted by molar-refractivity contribution is 0.0949. The quantitative estimate of drug-likeness (QED) is 0.309. The van der Waals surface area contributed by atoms with E-state index in [1.807, 2.05) is 43.3 Å². The van der Waals surface area contributed by atoms with Gasteiger partial charge in [-0.3, -0.25) is 14.6 Å². The Bertz CT molecular complexity index is 864. The lowest BCUT2D eigenvalue weighted by Crippen LogP contribution is -2.42. The van der Waals surface area contributed by atoms with E-state index in [-0.39, 0.29) is 11.8 Å². The van der Waals surface area contributed by atoms with E-state index in [0.29, 0.717) is 36.7 Å². The van der Waals surface area contributed by atoms with Gasteiger partial charge >= 0.3 is 0 Å². The van der Waals surface area contributed by atoms with Crippen molar-refractivity contribution in [1.82, 2.24) is 21.3 Å². The number of guanidine groups is 1. The topological polar surface area (TPSA) is 94.6 Å². The molecule has 2 aromatic carbocycles. The van der Waals surface area contributed by atoms with Gasteiger partial charge in [-0.15, -0.1) is 0 Å². The molecule has 0 heterocycles. The summed E-state index contributed by atoms with van der Waals surface area (Å²) in [5.74, 6) is 0.483. The first-order valence-electron chi connectivity index (χ1n) is 9.64. The average molecular weight is 396 g/mol. The number of aliphatic imine (C=N–C) groups is 1. The molecular weight excluding hydrogens is 366 g/mol. The molecule has 0 saturated heterocycles. The van der Waals surface area contributed by atoms with Gasteiger partial charge in [-0.1, -0.05) is 29.8 Å². The maximum Gasteiger partial charge on any atom is 0.251 e. The lowest BCUT2D eigenvalue weighted by Gasteiger charge is -2.13. The van der Waals surface area contributed by atoms with Crippen LogP contribution >= 0.6 is 0 Å². The van der Waals surface area contributed by atoms with Gasteiger partial charge in [0.05, 0.1) is 0 Å². The molecule has 2 aromatic rings. The van der Waals surface area contributed by atoms with Gasteiger partial charge < -0.3 is 21.3 Å². The zero-order valence-electron chi connectivity index (χ0n) is 17.2. The van der Waals surface area contributed by atoms with Crippen LogP contribution in [-0.2, 0) is 6.42 Å². The summed E-state index contributed by atoms with van der Waals surface area (Å²) in [7, 11) is 3.32. The van der Waals surface area contributed by atoms with Crippen molar-refractivity contribution in [2.75, 3.05) is 33.7 Å². The predicted molar refractivity (Wildman–Crippen MR) is 116 cm³/mol. The number of amides is 2. The summed E-state index contributed by atoms with van der Waals surface area (Å²) >= 11 is 0. The van der Waals surface area contributed by atoms with Gasteiger partial charge in [0, 0.05) is 44.9 Å². The van der Waals surface area contributed by atoms with Crippen LogP contribution in [0.1, 0.15) is 31.8 Å². The molecule has 154 valence electrons. The Morgan fingerprint density at radius 3 is 2.21 bits per heavy atom. The highest BCUT2D eigenvalue weighted by Crippen LogP contribution is 2.06. The van der Waals surface area contributed by atoms with Crippen molar-refractivity contribution in [3.63, 3.8) is 0 Å². The van der Waals surface area contributed by atoms with Gasteiger partial charge in [0.15, 0.2) is 5.96 Å². The van der Waals surface area contributed by atoms with Crippen molar-refractivity contribution >= 4 is 17.8 Å². The molecule has 0 unspecified atom stereocenters. The van der Waals surface area contributed by atoms with E-state index in [0.717, 1.165) is 17.5 Å². The number of rotatable bonds is 8. The summed E-state index contributed by atoms with van der Waals surface area (Å²) in [6.45, 7) is 3.68. The number of carbonyl (C=O) groups is 2. The molecule has 0 aliphatic heterocycles. The van der Waals surface area contributed by atoms with Crippen molar-refractivity contribution in [3.05, 3.63) is 70.8 Å². The van der Waals surface area contributed by atoms with Crippen LogP contribution in [-0.4, -0.2) is 51.5 Å². The van der Waals surface area contributed by atoms with Crippen molar-refractivity contribution in [2.24, 2.45) is 4.99 Å². The zero-order valence-corrected chi connectivity index (χ0v) is 17.2. The fourth-order valence-corrected chi connectivity index (χ4v) is 2.80. The Labute approximate surface area is 172 Å². The average Bonchev–Trinajstić information content (AvgIpc) is 2.74. The van der Waals surface area contributed by atoms with Gasteiger partial charge in [-0.25, -0.2) is 0 Å². The Morgan fingerprint density at radius 2 is 1.52 bits per heavy atom. The fourth-order valence-electron chi connectivity index (χ4n) is 2.80. The number of nitrogens with one attached hydrogen (secondary N) is 4. The van der Waals surface area contributed by atoms with Crippen LogP contribution in [0.4, 0.5) is 0 Å². The number of nitrogens with zero attached hydrogens (tertiary/aromatic N) is 1. The molecule has 0 aromatic heterocycles. The highest BCUT2D eigenvalue weighted by atomic mass is 16.2.